The summed E-state index contributed by atoms with van der Waals surface area (Å²) < 4.78 is 8.17. The van der Waals surface area contributed by atoms with Gasteiger partial charge in [0.15, 0.2) is 0 Å². The molecule has 1 heterocycles. The van der Waals surface area contributed by atoms with E-state index in [0.29, 0.717) is 11.1 Å². The first-order valence-corrected chi connectivity index (χ1v) is 10.4. The molecule has 0 saturated heterocycles. The molecule has 0 aliphatic rings. The number of fused-ring (bicyclic) bond motifs is 1. The summed E-state index contributed by atoms with van der Waals surface area (Å²) in [7, 11) is 4.02. The molecule has 0 unspecified atom stereocenters. The van der Waals surface area contributed by atoms with Crippen LogP contribution in [0.15, 0.2) is 88.1 Å². The Morgan fingerprint density at radius 2 is 1.41 bits per heavy atom. The molecule has 0 fully saturated rings. The molecule has 0 spiro atoms. The molecule has 0 radical (unpaired) electrons. The van der Waals surface area contributed by atoms with E-state index in [1.54, 1.807) is 0 Å². The molecule has 3 nitrogen and oxygen atoms in total. The molecule has 0 atom stereocenters. The molecule has 4 rings (SSSR count). The molecule has 27 heavy (non-hydrogen) atoms. The van der Waals surface area contributed by atoms with Crippen molar-refractivity contribution in [3.05, 3.63) is 89.3 Å². The van der Waals surface area contributed by atoms with Crippen molar-refractivity contribution in [1.82, 2.24) is 0 Å². The zero-order valence-corrected chi connectivity index (χ0v) is 16.9. The Labute approximate surface area is 164 Å². The molecule has 0 bridgehead atoms. The minimum absolute atomic E-state index is 0.0214. The second kappa shape index (κ2) is 7.43. The van der Waals surface area contributed by atoms with Crippen LogP contribution in [0.3, 0.4) is 0 Å². The predicted molar refractivity (Wildman–Crippen MR) is 114 cm³/mol. The summed E-state index contributed by atoms with van der Waals surface area (Å²) in [6.07, 6.45) is 0. The molecule has 0 aliphatic carbocycles. The molecule has 4 heteroatoms. The molecular formula is C23H19NO2Se. The zero-order valence-electron chi connectivity index (χ0n) is 15.2. The third-order valence-corrected chi connectivity index (χ3v) is 6.75. The fourth-order valence-electron chi connectivity index (χ4n) is 2.98. The molecule has 3 aromatic carbocycles. The number of anilines is 1. The Hall–Kier alpha value is -2.81. The molecule has 134 valence electrons. The normalized spacial score (nSPS) is 10.9. The average molecular weight is 420 g/mol. The summed E-state index contributed by atoms with van der Waals surface area (Å²) >= 11 is 0.0214. The Morgan fingerprint density at radius 3 is 2.07 bits per heavy atom. The topological polar surface area (TPSA) is 33.5 Å². The van der Waals surface area contributed by atoms with E-state index in [0.717, 1.165) is 21.1 Å². The average Bonchev–Trinajstić information content (AvgIpc) is 2.71. The van der Waals surface area contributed by atoms with E-state index >= 15 is 0 Å². The van der Waals surface area contributed by atoms with Crippen molar-refractivity contribution in [2.45, 2.75) is 0 Å². The monoisotopic (exact) mass is 421 g/mol. The Kier molecular flexibility index (Phi) is 4.84. The van der Waals surface area contributed by atoms with E-state index < -0.39 is 0 Å². The van der Waals surface area contributed by atoms with Crippen molar-refractivity contribution in [3.8, 4) is 11.3 Å². The van der Waals surface area contributed by atoms with Gasteiger partial charge in [-0.15, -0.1) is 0 Å². The van der Waals surface area contributed by atoms with Crippen molar-refractivity contribution < 1.29 is 4.42 Å². The molecule has 1 aromatic heterocycles. The molecule has 0 saturated carbocycles. The van der Waals surface area contributed by atoms with Gasteiger partial charge in [-0.3, -0.25) is 0 Å². The summed E-state index contributed by atoms with van der Waals surface area (Å²) in [5, 5.41) is 1.61. The summed E-state index contributed by atoms with van der Waals surface area (Å²) in [4.78, 5) is 14.6. The van der Waals surface area contributed by atoms with Crippen molar-refractivity contribution in [1.29, 1.82) is 0 Å². The number of rotatable bonds is 4. The van der Waals surface area contributed by atoms with Gasteiger partial charge in [-0.05, 0) is 0 Å². The van der Waals surface area contributed by atoms with E-state index in [4.69, 9.17) is 4.42 Å². The van der Waals surface area contributed by atoms with Gasteiger partial charge in [0.1, 0.15) is 0 Å². The molecule has 0 N–H and O–H groups in total. The molecular weight excluding hydrogens is 401 g/mol. The first-order valence-electron chi connectivity index (χ1n) is 8.70. The number of hydrogen-bond acceptors (Lipinski definition) is 3. The van der Waals surface area contributed by atoms with Gasteiger partial charge < -0.3 is 0 Å². The number of benzene rings is 3. The van der Waals surface area contributed by atoms with Crippen LogP contribution in [0, 0.1) is 0 Å². The van der Waals surface area contributed by atoms with Crippen molar-refractivity contribution in [2.75, 3.05) is 19.0 Å². The van der Waals surface area contributed by atoms with Crippen LogP contribution in [-0.4, -0.2) is 29.1 Å². The first kappa shape index (κ1) is 17.6. The van der Waals surface area contributed by atoms with Crippen LogP contribution in [0.5, 0.6) is 0 Å². The van der Waals surface area contributed by atoms with Crippen molar-refractivity contribution >= 4 is 40.3 Å². The Morgan fingerprint density at radius 1 is 0.778 bits per heavy atom. The van der Waals surface area contributed by atoms with E-state index in [1.807, 2.05) is 80.8 Å². The van der Waals surface area contributed by atoms with E-state index in [1.165, 1.54) is 4.46 Å². The standard InChI is InChI=1S/C23H19NO2Se/c1-24(2)17-14-12-16(13-15-17)21-22(27-18-8-4-3-5-9-18)19-10-6-7-11-20(19)23(25)26-21/h3-15H,1-2H3. The fourth-order valence-corrected chi connectivity index (χ4v) is 5.23. The van der Waals surface area contributed by atoms with Crippen molar-refractivity contribution in [3.63, 3.8) is 0 Å². The maximum absolute atomic E-state index is 12.6. The zero-order chi connectivity index (χ0) is 18.8. The predicted octanol–water partition coefficient (Wildman–Crippen LogP) is 3.18. The van der Waals surface area contributed by atoms with Crippen LogP contribution >= 0.6 is 0 Å². The maximum atomic E-state index is 12.6. The summed E-state index contributed by atoms with van der Waals surface area (Å²) in [5.41, 5.74) is 1.75. The van der Waals surface area contributed by atoms with Crippen LogP contribution in [0.25, 0.3) is 22.1 Å². The van der Waals surface area contributed by atoms with E-state index in [9.17, 15) is 4.79 Å². The van der Waals surface area contributed by atoms with Gasteiger partial charge >= 0.3 is 164 Å². The second-order valence-electron chi connectivity index (χ2n) is 6.45. The van der Waals surface area contributed by atoms with Crippen LogP contribution in [-0.2, 0) is 0 Å². The summed E-state index contributed by atoms with van der Waals surface area (Å²) in [5.74, 6) is 0.674. The molecule has 0 amide bonds. The van der Waals surface area contributed by atoms with Gasteiger partial charge in [0, 0.05) is 0 Å². The molecule has 4 aromatic rings. The van der Waals surface area contributed by atoms with Crippen LogP contribution in [0.1, 0.15) is 0 Å². The van der Waals surface area contributed by atoms with Gasteiger partial charge in [0.05, 0.1) is 0 Å². The summed E-state index contributed by atoms with van der Waals surface area (Å²) in [6.45, 7) is 0. The van der Waals surface area contributed by atoms with Crippen LogP contribution < -0.4 is 19.4 Å². The quantitative estimate of drug-likeness (QED) is 0.476. The van der Waals surface area contributed by atoms with Gasteiger partial charge in [-0.25, -0.2) is 0 Å². The summed E-state index contributed by atoms with van der Waals surface area (Å²) in [6, 6.07) is 26.2. The minimum atomic E-state index is -0.287. The Bertz CT molecular complexity index is 1130. The third-order valence-electron chi connectivity index (χ3n) is 4.40. The van der Waals surface area contributed by atoms with E-state index in [-0.39, 0.29) is 20.6 Å². The van der Waals surface area contributed by atoms with Crippen LogP contribution in [0.4, 0.5) is 5.69 Å². The van der Waals surface area contributed by atoms with Crippen LogP contribution in [0.2, 0.25) is 0 Å². The SMILES string of the molecule is CN(C)c1ccc(-c2oc(=O)c3ccccc3c2[Se]c2ccccc2)cc1. The number of hydrogen-bond donors (Lipinski definition) is 0. The van der Waals surface area contributed by atoms with Gasteiger partial charge in [-0.2, -0.15) is 0 Å². The van der Waals surface area contributed by atoms with Gasteiger partial charge in [0.2, 0.25) is 0 Å². The van der Waals surface area contributed by atoms with Gasteiger partial charge in [-0.1, -0.05) is 0 Å². The third kappa shape index (κ3) is 3.55. The van der Waals surface area contributed by atoms with E-state index in [2.05, 4.69) is 17.0 Å². The second-order valence-corrected chi connectivity index (χ2v) is 8.72. The molecule has 0 aliphatic heterocycles. The number of nitrogens with zero attached hydrogens (tertiary/aromatic N) is 1. The first-order chi connectivity index (χ1) is 13.1. The Balaban J connectivity index is 1.93. The fraction of sp³-hybridized carbons (Fsp3) is 0.0870. The van der Waals surface area contributed by atoms with Gasteiger partial charge in [0.25, 0.3) is 0 Å². The van der Waals surface area contributed by atoms with Crippen molar-refractivity contribution in [2.24, 2.45) is 0 Å².